The Morgan fingerprint density at radius 3 is 2.54 bits per heavy atom. The maximum absolute atomic E-state index is 13.1. The number of Topliss-reactive ketones (excluding diaryl/α,β-unsaturated/α-hetero) is 3. The molecule has 0 aliphatic heterocycles. The molecule has 2 unspecified atom stereocenters. The van der Waals surface area contributed by atoms with Gasteiger partial charge in [0.15, 0.2) is 0 Å². The van der Waals surface area contributed by atoms with Gasteiger partial charge >= 0.3 is 0 Å². The molecular weight excluding hydrogens is 328 g/mol. The van der Waals surface area contributed by atoms with E-state index in [4.69, 9.17) is 11.6 Å². The number of hydrogen-bond acceptors (Lipinski definition) is 4. The van der Waals surface area contributed by atoms with Crippen LogP contribution in [-0.2, 0) is 14.4 Å². The second kappa shape index (κ2) is 4.91. The summed E-state index contributed by atoms with van der Waals surface area (Å²) in [7, 11) is 0. The van der Waals surface area contributed by atoms with Gasteiger partial charge in [0.2, 0.25) is 0 Å². The molecule has 0 heterocycles. The summed E-state index contributed by atoms with van der Waals surface area (Å²) >= 11 is 6.61. The minimum Gasteiger partial charge on any atom is -0.389 e. The summed E-state index contributed by atoms with van der Waals surface area (Å²) in [6, 6.07) is 0. The van der Waals surface area contributed by atoms with E-state index >= 15 is 0 Å². The van der Waals surface area contributed by atoms with E-state index in [0.717, 1.165) is 6.42 Å². The van der Waals surface area contributed by atoms with Crippen molar-refractivity contribution in [2.75, 3.05) is 0 Å². The first kappa shape index (κ1) is 16.7. The summed E-state index contributed by atoms with van der Waals surface area (Å²) in [6.45, 7) is 3.86. The van der Waals surface area contributed by atoms with Crippen molar-refractivity contribution < 1.29 is 19.5 Å². The fourth-order valence-electron chi connectivity index (χ4n) is 6.64. The normalized spacial score (nSPS) is 54.2. The highest BCUT2D eigenvalue weighted by atomic mass is 35.5. The highest BCUT2D eigenvalue weighted by Crippen LogP contribution is 2.65. The number of halogens is 1. The maximum atomic E-state index is 13.1. The smallest absolute Gasteiger partial charge is 0.139 e. The molecule has 132 valence electrons. The molecule has 0 amide bonds. The minimum absolute atomic E-state index is 0.0161. The van der Waals surface area contributed by atoms with Crippen molar-refractivity contribution in [3.63, 3.8) is 0 Å². The quantitative estimate of drug-likeness (QED) is 0.680. The molecule has 4 rings (SSSR count). The largest absolute Gasteiger partial charge is 0.389 e. The number of ketones is 3. The van der Waals surface area contributed by atoms with Crippen LogP contribution in [0.2, 0.25) is 0 Å². The van der Waals surface area contributed by atoms with E-state index in [0.29, 0.717) is 19.3 Å². The van der Waals surface area contributed by atoms with Crippen molar-refractivity contribution in [1.29, 1.82) is 0 Å². The van der Waals surface area contributed by atoms with Crippen molar-refractivity contribution in [2.45, 2.75) is 69.8 Å². The highest BCUT2D eigenvalue weighted by molar-refractivity contribution is 6.23. The minimum atomic E-state index is -1.19. The van der Waals surface area contributed by atoms with Crippen molar-refractivity contribution in [3.05, 3.63) is 0 Å². The molecule has 0 aromatic heterocycles. The van der Waals surface area contributed by atoms with Crippen LogP contribution in [0.25, 0.3) is 0 Å². The van der Waals surface area contributed by atoms with Gasteiger partial charge in [0, 0.05) is 47.8 Å². The van der Waals surface area contributed by atoms with Crippen LogP contribution in [0, 0.1) is 28.6 Å². The molecule has 0 aromatic carbocycles. The van der Waals surface area contributed by atoms with Crippen LogP contribution in [0.5, 0.6) is 0 Å². The van der Waals surface area contributed by atoms with Crippen LogP contribution in [0.1, 0.15) is 58.8 Å². The first-order valence-electron chi connectivity index (χ1n) is 9.08. The Morgan fingerprint density at radius 1 is 1.12 bits per heavy atom. The van der Waals surface area contributed by atoms with E-state index < -0.39 is 21.8 Å². The van der Waals surface area contributed by atoms with Crippen molar-refractivity contribution in [1.82, 2.24) is 0 Å². The Hall–Kier alpha value is -0.740. The SMILES string of the molecule is C[C@]12CC(=O)[C@H]3[C@@H](CCC4(O)CC(=O)CC(Cl)[C@]34C)[C@@H]1CCC2=O. The number of carbonyl (C=O) groups is 3. The third-order valence-electron chi connectivity index (χ3n) is 8.06. The zero-order chi connectivity index (χ0) is 17.5. The Kier molecular flexibility index (Phi) is 3.42. The summed E-state index contributed by atoms with van der Waals surface area (Å²) in [4.78, 5) is 37.6. The van der Waals surface area contributed by atoms with Crippen LogP contribution in [0.3, 0.4) is 0 Å². The molecule has 0 radical (unpaired) electrons. The van der Waals surface area contributed by atoms with Gasteiger partial charge in [-0.05, 0) is 31.1 Å². The number of alkyl halides is 1. The van der Waals surface area contributed by atoms with E-state index in [9.17, 15) is 19.5 Å². The monoisotopic (exact) mass is 352 g/mol. The third-order valence-corrected chi connectivity index (χ3v) is 8.67. The van der Waals surface area contributed by atoms with Crippen molar-refractivity contribution >= 4 is 29.0 Å². The highest BCUT2D eigenvalue weighted by Gasteiger charge is 2.69. The molecule has 7 atom stereocenters. The summed E-state index contributed by atoms with van der Waals surface area (Å²) in [5, 5.41) is 10.8. The number of hydrogen-bond donors (Lipinski definition) is 1. The molecule has 0 bridgehead atoms. The topological polar surface area (TPSA) is 71.4 Å². The predicted octanol–water partition coefficient (Wildman–Crippen LogP) is 2.68. The Labute approximate surface area is 147 Å². The lowest BCUT2D eigenvalue weighted by atomic mass is 9.43. The number of carbonyl (C=O) groups excluding carboxylic acids is 3. The number of rotatable bonds is 0. The maximum Gasteiger partial charge on any atom is 0.139 e. The number of aliphatic hydroxyl groups is 1. The molecule has 4 aliphatic carbocycles. The van der Waals surface area contributed by atoms with E-state index in [1.807, 2.05) is 13.8 Å². The van der Waals surface area contributed by atoms with E-state index in [-0.39, 0.29) is 54.4 Å². The molecule has 4 nitrogen and oxygen atoms in total. The van der Waals surface area contributed by atoms with E-state index in [2.05, 4.69) is 0 Å². The molecule has 1 N–H and O–H groups in total. The Balaban J connectivity index is 1.80. The van der Waals surface area contributed by atoms with Crippen molar-refractivity contribution in [3.8, 4) is 0 Å². The summed E-state index contributed by atoms with van der Waals surface area (Å²) in [5.41, 5.74) is -2.51. The summed E-state index contributed by atoms with van der Waals surface area (Å²) in [5.74, 6) is 0.229. The lowest BCUT2D eigenvalue weighted by Gasteiger charge is -2.62. The average Bonchev–Trinajstić information content (AvgIpc) is 2.76. The Bertz CT molecular complexity index is 645. The molecule has 24 heavy (non-hydrogen) atoms. The van der Waals surface area contributed by atoms with Gasteiger partial charge in [-0.3, -0.25) is 14.4 Å². The lowest BCUT2D eigenvalue weighted by molar-refractivity contribution is -0.200. The first-order chi connectivity index (χ1) is 11.1. The standard InChI is InChI=1S/C19H25ClO4/c1-17-9-13(22)16-11(12(17)3-4-15(17)23)5-6-19(24)8-10(21)7-14(20)18(16,19)2/h11-12,14,16,24H,3-9H2,1-2H3/t11-,12-,14?,16+,17-,18+,19?/m0/s1. The Morgan fingerprint density at radius 2 is 1.83 bits per heavy atom. The van der Waals surface area contributed by atoms with Gasteiger partial charge in [-0.1, -0.05) is 13.8 Å². The molecule has 0 saturated heterocycles. The molecule has 5 heteroatoms. The van der Waals surface area contributed by atoms with Crippen LogP contribution in [0.4, 0.5) is 0 Å². The zero-order valence-corrected chi connectivity index (χ0v) is 15.1. The van der Waals surface area contributed by atoms with Crippen molar-refractivity contribution in [2.24, 2.45) is 28.6 Å². The lowest BCUT2D eigenvalue weighted by Crippen LogP contribution is -2.68. The summed E-state index contributed by atoms with van der Waals surface area (Å²) < 4.78 is 0. The average molecular weight is 353 g/mol. The first-order valence-corrected chi connectivity index (χ1v) is 9.51. The molecular formula is C19H25ClO4. The molecule has 0 spiro atoms. The molecule has 4 saturated carbocycles. The van der Waals surface area contributed by atoms with Crippen LogP contribution in [-0.4, -0.2) is 33.4 Å². The van der Waals surface area contributed by atoms with E-state index in [1.165, 1.54) is 0 Å². The van der Waals surface area contributed by atoms with Crippen LogP contribution < -0.4 is 0 Å². The molecule has 4 aliphatic rings. The van der Waals surface area contributed by atoms with Gasteiger partial charge < -0.3 is 5.11 Å². The van der Waals surface area contributed by atoms with Crippen LogP contribution in [0.15, 0.2) is 0 Å². The van der Waals surface area contributed by atoms with E-state index in [1.54, 1.807) is 0 Å². The second-order valence-electron chi connectivity index (χ2n) is 9.01. The fraction of sp³-hybridized carbons (Fsp3) is 0.842. The summed E-state index contributed by atoms with van der Waals surface area (Å²) in [6.07, 6.45) is 3.18. The van der Waals surface area contributed by atoms with Gasteiger partial charge in [-0.25, -0.2) is 0 Å². The molecule has 4 fully saturated rings. The van der Waals surface area contributed by atoms with Gasteiger partial charge in [0.1, 0.15) is 17.3 Å². The van der Waals surface area contributed by atoms with Gasteiger partial charge in [0.05, 0.1) is 5.60 Å². The van der Waals surface area contributed by atoms with Gasteiger partial charge in [-0.15, -0.1) is 11.6 Å². The fourth-order valence-corrected chi connectivity index (χ4v) is 7.15. The predicted molar refractivity (Wildman–Crippen MR) is 88.6 cm³/mol. The molecule has 0 aromatic rings. The van der Waals surface area contributed by atoms with Crippen LogP contribution >= 0.6 is 11.6 Å². The zero-order valence-electron chi connectivity index (χ0n) is 14.3. The van der Waals surface area contributed by atoms with Gasteiger partial charge in [-0.2, -0.15) is 0 Å². The second-order valence-corrected chi connectivity index (χ2v) is 9.54. The number of fused-ring (bicyclic) bond motifs is 5. The third kappa shape index (κ3) is 1.82. The van der Waals surface area contributed by atoms with Gasteiger partial charge in [0.25, 0.3) is 0 Å².